The molecule has 2 aromatic heterocycles. The zero-order chi connectivity index (χ0) is 13.3. The van der Waals surface area contributed by atoms with Crippen LogP contribution in [-0.4, -0.2) is 42.2 Å². The van der Waals surface area contributed by atoms with Crippen LogP contribution in [0.3, 0.4) is 0 Å². The van der Waals surface area contributed by atoms with Gasteiger partial charge < -0.3 is 10.4 Å². The molecule has 0 spiro atoms. The number of nitrogens with one attached hydrogen (secondary N) is 2. The molecule has 0 atom stereocenters. The molecule has 0 aliphatic rings. The topological polar surface area (TPSA) is 126 Å². The number of hydrogen-bond donors (Lipinski definition) is 3. The lowest BCUT2D eigenvalue weighted by Gasteiger charge is -1.99. The summed E-state index contributed by atoms with van der Waals surface area (Å²) in [7, 11) is 1.58. The Labute approximate surface area is 101 Å². The van der Waals surface area contributed by atoms with Gasteiger partial charge in [-0.25, -0.2) is 4.79 Å². The van der Waals surface area contributed by atoms with E-state index >= 15 is 0 Å². The van der Waals surface area contributed by atoms with Crippen molar-refractivity contribution in [2.75, 3.05) is 5.32 Å². The van der Waals surface area contributed by atoms with Crippen LogP contribution in [0.1, 0.15) is 26.5 Å². The number of nitrogens with zero attached hydrogens (tertiary/aromatic N) is 4. The summed E-state index contributed by atoms with van der Waals surface area (Å²) in [6, 6.07) is 0. The van der Waals surface area contributed by atoms with Gasteiger partial charge in [0.2, 0.25) is 0 Å². The first kappa shape index (κ1) is 11.8. The molecule has 0 aliphatic carbocycles. The largest absolute Gasteiger partial charge is 0.477 e. The van der Waals surface area contributed by atoms with Crippen molar-refractivity contribution in [3.05, 3.63) is 23.1 Å². The summed E-state index contributed by atoms with van der Waals surface area (Å²) in [6.07, 6.45) is 1.30. The molecule has 0 bridgehead atoms. The molecule has 9 heteroatoms. The molecule has 0 saturated heterocycles. The Kier molecular flexibility index (Phi) is 2.80. The van der Waals surface area contributed by atoms with Crippen LogP contribution in [0.15, 0.2) is 6.20 Å². The van der Waals surface area contributed by atoms with E-state index in [4.69, 9.17) is 5.11 Å². The molecule has 94 valence electrons. The maximum Gasteiger partial charge on any atom is 0.354 e. The van der Waals surface area contributed by atoms with E-state index in [2.05, 4.69) is 25.7 Å². The van der Waals surface area contributed by atoms with Crippen molar-refractivity contribution in [2.24, 2.45) is 7.05 Å². The number of aromatic nitrogens is 5. The number of rotatable bonds is 3. The quantitative estimate of drug-likeness (QED) is 0.692. The molecule has 0 unspecified atom stereocenters. The predicted molar refractivity (Wildman–Crippen MR) is 59.2 cm³/mol. The minimum atomic E-state index is -1.14. The minimum Gasteiger partial charge on any atom is -0.477 e. The molecule has 1 amide bonds. The number of aryl methyl sites for hydroxylation is 1. The number of hydrogen-bond acceptors (Lipinski definition) is 5. The Morgan fingerprint density at radius 2 is 2.22 bits per heavy atom. The number of carboxylic acids is 1. The molecule has 2 heterocycles. The lowest BCUT2D eigenvalue weighted by molar-refractivity contribution is 0.0689. The number of anilines is 1. The van der Waals surface area contributed by atoms with E-state index in [0.717, 1.165) is 0 Å². The van der Waals surface area contributed by atoms with E-state index in [-0.39, 0.29) is 17.2 Å². The number of aromatic carboxylic acids is 1. The lowest BCUT2D eigenvalue weighted by Crippen LogP contribution is -2.14. The first-order valence-electron chi connectivity index (χ1n) is 4.95. The first-order chi connectivity index (χ1) is 8.49. The maximum absolute atomic E-state index is 11.7. The summed E-state index contributed by atoms with van der Waals surface area (Å²) in [4.78, 5) is 23.8. The Morgan fingerprint density at radius 1 is 1.50 bits per heavy atom. The third-order valence-electron chi connectivity index (χ3n) is 2.29. The Bertz CT molecular complexity index is 614. The standard InChI is InChI=1S/C9H10N6O3/c1-4-6(9(17)18)12-13-7(4)11-8(16)5-3-10-15(2)14-5/h3H,1-2H3,(H,17,18)(H2,11,12,13,16). The fourth-order valence-electron chi connectivity index (χ4n) is 1.35. The van der Waals surface area contributed by atoms with Crippen molar-refractivity contribution in [1.82, 2.24) is 25.2 Å². The minimum absolute atomic E-state index is 0.0653. The van der Waals surface area contributed by atoms with Crippen molar-refractivity contribution in [3.8, 4) is 0 Å². The molecule has 0 fully saturated rings. The van der Waals surface area contributed by atoms with Crippen LogP contribution in [0.25, 0.3) is 0 Å². The highest BCUT2D eigenvalue weighted by atomic mass is 16.4. The Hall–Kier alpha value is -2.71. The number of amides is 1. The van der Waals surface area contributed by atoms with Crippen LogP contribution >= 0.6 is 0 Å². The number of carboxylic acid groups (broad SMARTS) is 1. The molecular formula is C9H10N6O3. The molecule has 0 aliphatic heterocycles. The molecule has 3 N–H and O–H groups in total. The van der Waals surface area contributed by atoms with E-state index in [1.807, 2.05) is 0 Å². The molecular weight excluding hydrogens is 240 g/mol. The molecule has 9 nitrogen and oxygen atoms in total. The summed E-state index contributed by atoms with van der Waals surface area (Å²) in [5.41, 5.74) is 0.404. The van der Waals surface area contributed by atoms with Gasteiger partial charge >= 0.3 is 5.97 Å². The zero-order valence-electron chi connectivity index (χ0n) is 9.63. The van der Waals surface area contributed by atoms with Crippen LogP contribution in [-0.2, 0) is 7.05 Å². The third-order valence-corrected chi connectivity index (χ3v) is 2.29. The smallest absolute Gasteiger partial charge is 0.354 e. The van der Waals surface area contributed by atoms with Crippen LogP contribution < -0.4 is 5.32 Å². The second-order valence-corrected chi connectivity index (χ2v) is 3.55. The van der Waals surface area contributed by atoms with Gasteiger partial charge in [-0.3, -0.25) is 9.89 Å². The van der Waals surface area contributed by atoms with E-state index < -0.39 is 11.9 Å². The zero-order valence-corrected chi connectivity index (χ0v) is 9.63. The normalized spacial score (nSPS) is 10.3. The van der Waals surface area contributed by atoms with Crippen LogP contribution in [0.4, 0.5) is 5.82 Å². The predicted octanol–water partition coefficient (Wildman–Crippen LogP) is -0.203. The average Bonchev–Trinajstić information content (AvgIpc) is 2.86. The van der Waals surface area contributed by atoms with E-state index in [0.29, 0.717) is 5.56 Å². The van der Waals surface area contributed by atoms with Gasteiger partial charge in [-0.15, -0.1) is 5.10 Å². The van der Waals surface area contributed by atoms with Gasteiger partial charge in [0.05, 0.1) is 6.20 Å². The van der Waals surface area contributed by atoms with Crippen LogP contribution in [0.5, 0.6) is 0 Å². The van der Waals surface area contributed by atoms with E-state index in [1.54, 1.807) is 14.0 Å². The van der Waals surface area contributed by atoms with Gasteiger partial charge in [0, 0.05) is 12.6 Å². The van der Waals surface area contributed by atoms with Crippen LogP contribution in [0.2, 0.25) is 0 Å². The van der Waals surface area contributed by atoms with Gasteiger partial charge in [-0.05, 0) is 6.92 Å². The van der Waals surface area contributed by atoms with Gasteiger partial charge in [-0.1, -0.05) is 0 Å². The summed E-state index contributed by atoms with van der Waals surface area (Å²) in [5.74, 6) is -1.49. The molecule has 0 saturated carbocycles. The van der Waals surface area contributed by atoms with Crippen LogP contribution in [0, 0.1) is 6.92 Å². The Balaban J connectivity index is 2.20. The summed E-state index contributed by atoms with van der Waals surface area (Å²) in [5, 5.41) is 24.9. The maximum atomic E-state index is 11.7. The molecule has 0 aromatic carbocycles. The summed E-state index contributed by atoms with van der Waals surface area (Å²) in [6.45, 7) is 1.54. The fourth-order valence-corrected chi connectivity index (χ4v) is 1.35. The van der Waals surface area contributed by atoms with E-state index in [9.17, 15) is 9.59 Å². The summed E-state index contributed by atoms with van der Waals surface area (Å²) >= 11 is 0. The number of aromatic amines is 1. The van der Waals surface area contributed by atoms with E-state index in [1.165, 1.54) is 11.0 Å². The van der Waals surface area contributed by atoms with Crippen molar-refractivity contribution < 1.29 is 14.7 Å². The highest BCUT2D eigenvalue weighted by molar-refractivity contribution is 6.03. The average molecular weight is 250 g/mol. The van der Waals surface area contributed by atoms with Gasteiger partial charge in [-0.2, -0.15) is 15.0 Å². The fraction of sp³-hybridized carbons (Fsp3) is 0.222. The van der Waals surface area contributed by atoms with Gasteiger partial charge in [0.25, 0.3) is 5.91 Å². The summed E-state index contributed by atoms with van der Waals surface area (Å²) < 4.78 is 0. The van der Waals surface area contributed by atoms with Gasteiger partial charge in [0.1, 0.15) is 5.69 Å². The first-order valence-corrected chi connectivity index (χ1v) is 4.95. The number of H-pyrrole nitrogens is 1. The number of carbonyl (C=O) groups is 2. The van der Waals surface area contributed by atoms with Gasteiger partial charge in [0.15, 0.2) is 11.5 Å². The third kappa shape index (κ3) is 2.05. The second kappa shape index (κ2) is 4.28. The van der Waals surface area contributed by atoms with Crippen molar-refractivity contribution in [3.63, 3.8) is 0 Å². The highest BCUT2D eigenvalue weighted by Crippen LogP contribution is 2.15. The molecule has 2 aromatic rings. The highest BCUT2D eigenvalue weighted by Gasteiger charge is 2.18. The monoisotopic (exact) mass is 250 g/mol. The number of carbonyl (C=O) groups excluding carboxylic acids is 1. The molecule has 2 rings (SSSR count). The van der Waals surface area contributed by atoms with Crippen molar-refractivity contribution in [1.29, 1.82) is 0 Å². The second-order valence-electron chi connectivity index (χ2n) is 3.55. The lowest BCUT2D eigenvalue weighted by atomic mass is 10.2. The van der Waals surface area contributed by atoms with Crippen molar-refractivity contribution in [2.45, 2.75) is 6.92 Å². The Morgan fingerprint density at radius 3 is 2.72 bits per heavy atom. The SMILES string of the molecule is Cc1c(NC(=O)c2cnn(C)n2)n[nH]c1C(=O)O. The molecule has 18 heavy (non-hydrogen) atoms. The van der Waals surface area contributed by atoms with Crippen molar-refractivity contribution >= 4 is 17.7 Å². The molecule has 0 radical (unpaired) electrons.